The van der Waals surface area contributed by atoms with Crippen molar-refractivity contribution in [2.45, 2.75) is 100 Å². The molecule has 5 atom stereocenters. The molecule has 3 fully saturated rings. The second-order valence-electron chi connectivity index (χ2n) is 17.4. The number of nitrogens with zero attached hydrogens (tertiary/aromatic N) is 3. The van der Waals surface area contributed by atoms with Crippen LogP contribution in [0.1, 0.15) is 59.3 Å². The monoisotopic (exact) mass is 900 g/mol. The van der Waals surface area contributed by atoms with Gasteiger partial charge in [-0.2, -0.15) is 0 Å². The first-order valence-corrected chi connectivity index (χ1v) is 22.2. The summed E-state index contributed by atoms with van der Waals surface area (Å²) in [4.78, 5) is 64.0. The fraction of sp³-hybridized carbons (Fsp3) is 0.512. The summed E-state index contributed by atoms with van der Waals surface area (Å²) in [6.45, 7) is 5.12. The number of alkyl carbamates (subject to hydrolysis) is 1. The zero-order chi connectivity index (χ0) is 45.5. The number of aromatic nitrogens is 1. The number of rotatable bonds is 9. The molecule has 2 aromatic carbocycles. The van der Waals surface area contributed by atoms with E-state index >= 15 is 0 Å². The molecule has 0 spiro atoms. The molecule has 4 amide bonds. The quantitative estimate of drug-likeness (QED) is 0.245. The lowest BCUT2D eigenvalue weighted by Gasteiger charge is -2.30. The van der Waals surface area contributed by atoms with Gasteiger partial charge in [0.15, 0.2) is 0 Å². The molecule has 3 aromatic rings. The van der Waals surface area contributed by atoms with E-state index in [-0.39, 0.29) is 44.9 Å². The minimum Gasteiger partial charge on any atom is -0.472 e. The van der Waals surface area contributed by atoms with Gasteiger partial charge in [0.2, 0.25) is 27.7 Å². The summed E-state index contributed by atoms with van der Waals surface area (Å²) in [6, 6.07) is 9.96. The first-order chi connectivity index (χ1) is 29.6. The SMILES string of the molecule is CN(C)c1ccc2c(OC3C[C@H]4C(=O)N[C@]5(C(=O)NS(=O)(=O)C6CC6)CC5C=CCCOCC[C@H](NC(=O)OC(C)(C)C)C(=O)N4C3)nc(-c3ccc(OC(F)(F)F)cc3)cc2c1. The van der Waals surface area contributed by atoms with E-state index in [1.54, 1.807) is 45.1 Å². The van der Waals surface area contributed by atoms with Gasteiger partial charge in [-0.25, -0.2) is 18.2 Å². The van der Waals surface area contributed by atoms with Gasteiger partial charge in [-0.15, -0.1) is 13.2 Å². The van der Waals surface area contributed by atoms with Crippen molar-refractivity contribution in [3.8, 4) is 22.9 Å². The smallest absolute Gasteiger partial charge is 0.472 e. The summed E-state index contributed by atoms with van der Waals surface area (Å²) in [5, 5.41) is 5.98. The van der Waals surface area contributed by atoms with Gasteiger partial charge in [0, 0.05) is 56.1 Å². The molecular weight excluding hydrogens is 850 g/mol. The third kappa shape index (κ3) is 10.9. The van der Waals surface area contributed by atoms with E-state index in [0.717, 1.165) is 5.69 Å². The van der Waals surface area contributed by atoms with Crippen LogP contribution in [0.3, 0.4) is 0 Å². The van der Waals surface area contributed by atoms with Crippen molar-refractivity contribution in [1.29, 1.82) is 0 Å². The highest BCUT2D eigenvalue weighted by Gasteiger charge is 2.62. The number of hydrogen-bond donors (Lipinski definition) is 3. The number of fused-ring (bicyclic) bond motifs is 3. The third-order valence-electron chi connectivity index (χ3n) is 11.1. The number of halogens is 3. The molecule has 7 rings (SSSR count). The molecule has 2 saturated carbocycles. The number of pyridine rings is 1. The Hall–Kier alpha value is -5.63. The molecule has 20 heteroatoms. The molecular formula is C43H51F3N6O10S. The maximum Gasteiger partial charge on any atom is 0.573 e. The summed E-state index contributed by atoms with van der Waals surface area (Å²) in [5.74, 6) is -3.15. The van der Waals surface area contributed by atoms with Crippen molar-refractivity contribution >= 4 is 50.3 Å². The summed E-state index contributed by atoms with van der Waals surface area (Å²) in [6.07, 6.45) is -1.87. The molecule has 2 aliphatic heterocycles. The molecule has 340 valence electrons. The van der Waals surface area contributed by atoms with Crippen molar-refractivity contribution in [3.63, 3.8) is 0 Å². The zero-order valence-electron chi connectivity index (χ0n) is 35.5. The number of carbonyl (C=O) groups excluding carboxylic acids is 4. The minimum absolute atomic E-state index is 0.0153. The van der Waals surface area contributed by atoms with E-state index < -0.39 is 86.4 Å². The fourth-order valence-electron chi connectivity index (χ4n) is 7.68. The van der Waals surface area contributed by atoms with E-state index in [4.69, 9.17) is 19.2 Å². The lowest BCUT2D eigenvalue weighted by Crippen LogP contribution is -2.58. The third-order valence-corrected chi connectivity index (χ3v) is 12.9. The van der Waals surface area contributed by atoms with Crippen molar-refractivity contribution in [3.05, 3.63) is 60.7 Å². The van der Waals surface area contributed by atoms with Crippen LogP contribution in [0.15, 0.2) is 60.7 Å². The zero-order valence-corrected chi connectivity index (χ0v) is 36.3. The maximum absolute atomic E-state index is 14.6. The lowest BCUT2D eigenvalue weighted by atomic mass is 10.1. The number of carbonyl (C=O) groups is 4. The number of ether oxygens (including phenoxy) is 4. The second-order valence-corrected chi connectivity index (χ2v) is 19.4. The molecule has 16 nitrogen and oxygen atoms in total. The number of benzene rings is 2. The highest BCUT2D eigenvalue weighted by molar-refractivity contribution is 7.91. The van der Waals surface area contributed by atoms with Gasteiger partial charge in [-0.05, 0) is 100 Å². The van der Waals surface area contributed by atoms with E-state index in [2.05, 4.69) is 20.1 Å². The summed E-state index contributed by atoms with van der Waals surface area (Å²) >= 11 is 0. The molecule has 3 heterocycles. The van der Waals surface area contributed by atoms with Gasteiger partial charge in [0.1, 0.15) is 35.1 Å². The van der Waals surface area contributed by atoms with Gasteiger partial charge < -0.3 is 39.4 Å². The average molecular weight is 901 g/mol. The Bertz CT molecular complexity index is 2390. The normalized spacial score (nSPS) is 24.5. The predicted octanol–water partition coefficient (Wildman–Crippen LogP) is 4.96. The topological polar surface area (TPSA) is 195 Å². The van der Waals surface area contributed by atoms with Crippen LogP contribution in [0, 0.1) is 5.92 Å². The number of amides is 4. The van der Waals surface area contributed by atoms with E-state index in [1.807, 2.05) is 31.1 Å². The predicted molar refractivity (Wildman–Crippen MR) is 224 cm³/mol. The molecule has 1 saturated heterocycles. The Morgan fingerprint density at radius 3 is 2.41 bits per heavy atom. The molecule has 1 aromatic heterocycles. The van der Waals surface area contributed by atoms with Crippen LogP contribution in [0.2, 0.25) is 0 Å². The van der Waals surface area contributed by atoms with Gasteiger partial charge in [0.25, 0.3) is 5.91 Å². The Morgan fingerprint density at radius 1 is 1.02 bits per heavy atom. The Kier molecular flexibility index (Phi) is 12.6. The van der Waals surface area contributed by atoms with Crippen LogP contribution in [-0.4, -0.2) is 117 Å². The minimum atomic E-state index is -4.88. The number of hydrogen-bond acceptors (Lipinski definition) is 12. The van der Waals surface area contributed by atoms with Crippen molar-refractivity contribution in [2.24, 2.45) is 5.92 Å². The highest BCUT2D eigenvalue weighted by atomic mass is 32.2. The summed E-state index contributed by atoms with van der Waals surface area (Å²) < 4.78 is 88.8. The van der Waals surface area contributed by atoms with Crippen molar-refractivity contribution < 1.29 is 59.7 Å². The number of alkyl halides is 3. The van der Waals surface area contributed by atoms with E-state index in [9.17, 15) is 40.8 Å². The first-order valence-electron chi connectivity index (χ1n) is 20.7. The Labute approximate surface area is 362 Å². The Balaban J connectivity index is 1.24. The maximum atomic E-state index is 14.6. The summed E-state index contributed by atoms with van der Waals surface area (Å²) in [7, 11) is -0.264. The molecule has 0 radical (unpaired) electrons. The standard InChI is InChI=1S/C43H51F3N6O10S/c1-41(2,3)62-40(56)48-33-17-19-59-18-7-6-8-27-23-42(27,39(55)50-63(57,58)31-14-15-31)49-36(53)35-22-30(24-52(35)38(33)54)60-37-32-16-11-28(51(4)5)20-26(32)21-34(47-37)25-9-12-29(13-10-25)61-43(44,45)46/h6,8-13,16,20-21,27,30-31,33,35H,7,14-15,17-19,22-24H2,1-5H3,(H,48,56)(H,49,53)(H,50,55)/t27?,30?,33-,35-,42+/m0/s1. The molecule has 0 bridgehead atoms. The van der Waals surface area contributed by atoms with Crippen LogP contribution < -0.4 is 29.7 Å². The highest BCUT2D eigenvalue weighted by Crippen LogP contribution is 2.46. The number of anilines is 1. The van der Waals surface area contributed by atoms with Gasteiger partial charge in [-0.3, -0.25) is 19.1 Å². The first kappa shape index (κ1) is 45.4. The lowest BCUT2D eigenvalue weighted by molar-refractivity contribution is -0.274. The largest absolute Gasteiger partial charge is 0.573 e. The van der Waals surface area contributed by atoms with Gasteiger partial charge in [-0.1, -0.05) is 12.2 Å². The van der Waals surface area contributed by atoms with Crippen LogP contribution >= 0.6 is 0 Å². The molecule has 2 aliphatic carbocycles. The van der Waals surface area contributed by atoms with Crippen LogP contribution in [-0.2, 0) is 33.9 Å². The van der Waals surface area contributed by atoms with Crippen LogP contribution in [0.4, 0.5) is 23.7 Å². The van der Waals surface area contributed by atoms with Gasteiger partial charge >= 0.3 is 12.5 Å². The van der Waals surface area contributed by atoms with Crippen LogP contribution in [0.5, 0.6) is 11.6 Å². The van der Waals surface area contributed by atoms with E-state index in [1.165, 1.54) is 29.2 Å². The van der Waals surface area contributed by atoms with E-state index in [0.29, 0.717) is 41.3 Å². The average Bonchev–Trinajstić information content (AvgIpc) is 4.12. The second kappa shape index (κ2) is 17.5. The molecule has 2 unspecified atom stereocenters. The van der Waals surface area contributed by atoms with Gasteiger partial charge in [0.05, 0.1) is 24.1 Å². The molecule has 4 aliphatic rings. The number of sulfonamides is 1. The Morgan fingerprint density at radius 2 is 1.75 bits per heavy atom. The van der Waals surface area contributed by atoms with Crippen molar-refractivity contribution in [2.75, 3.05) is 38.8 Å². The molecule has 3 N–H and O–H groups in total. The summed E-state index contributed by atoms with van der Waals surface area (Å²) in [5.41, 5.74) is -0.910. The van der Waals surface area contributed by atoms with Crippen molar-refractivity contribution in [1.82, 2.24) is 25.2 Å². The number of nitrogens with one attached hydrogen (secondary N) is 3. The van der Waals surface area contributed by atoms with Crippen LogP contribution in [0.25, 0.3) is 22.0 Å². The fourth-order valence-corrected chi connectivity index (χ4v) is 9.04. The molecule has 63 heavy (non-hydrogen) atoms.